The molecule has 2 rings (SSSR count). The number of carbonyl (C=O) groups is 1. The van der Waals surface area contributed by atoms with Crippen LogP contribution >= 0.6 is 39.3 Å². The molecule has 0 unspecified atom stereocenters. The molecule has 1 N–H and O–H groups in total. The first-order chi connectivity index (χ1) is 8.58. The lowest BCUT2D eigenvalue weighted by Gasteiger charge is -2.06. The van der Waals surface area contributed by atoms with Crippen molar-refractivity contribution < 1.29 is 9.90 Å². The van der Waals surface area contributed by atoms with E-state index in [-0.39, 0.29) is 10.6 Å². The van der Waals surface area contributed by atoms with Crippen molar-refractivity contribution in [3.63, 3.8) is 0 Å². The van der Waals surface area contributed by atoms with Crippen LogP contribution in [0.25, 0.3) is 0 Å². The third kappa shape index (κ3) is 3.04. The lowest BCUT2D eigenvalue weighted by Crippen LogP contribution is -2.00. The monoisotopic (exact) mass is 343 g/mol. The van der Waals surface area contributed by atoms with Gasteiger partial charge in [0.2, 0.25) is 0 Å². The Labute approximate surface area is 121 Å². The summed E-state index contributed by atoms with van der Waals surface area (Å²) in [6.07, 6.45) is 1.66. The molecule has 6 heteroatoms. The van der Waals surface area contributed by atoms with Crippen molar-refractivity contribution in [2.75, 3.05) is 0 Å². The Morgan fingerprint density at radius 2 is 2.11 bits per heavy atom. The molecule has 0 spiro atoms. The first-order valence-corrected chi connectivity index (χ1v) is 6.88. The van der Waals surface area contributed by atoms with E-state index in [1.807, 2.05) is 6.07 Å². The van der Waals surface area contributed by atoms with Crippen molar-refractivity contribution in [1.29, 1.82) is 0 Å². The molecule has 0 aliphatic carbocycles. The lowest BCUT2D eigenvalue weighted by molar-refractivity contribution is 0.0693. The molecular formula is C12H7BrClNO2S. The highest BCUT2D eigenvalue weighted by Gasteiger charge is 2.15. The number of rotatable bonds is 3. The third-order valence-corrected chi connectivity index (χ3v) is 3.90. The zero-order valence-electron chi connectivity index (χ0n) is 8.93. The number of benzene rings is 1. The van der Waals surface area contributed by atoms with E-state index in [0.717, 1.165) is 4.47 Å². The fourth-order valence-corrected chi connectivity index (χ4v) is 2.79. The van der Waals surface area contributed by atoms with Gasteiger partial charge < -0.3 is 5.11 Å². The van der Waals surface area contributed by atoms with Gasteiger partial charge in [-0.15, -0.1) is 0 Å². The minimum atomic E-state index is -1.04. The number of pyridine rings is 1. The van der Waals surface area contributed by atoms with Crippen molar-refractivity contribution in [3.05, 3.63) is 51.6 Å². The molecule has 3 nitrogen and oxygen atoms in total. The first kappa shape index (κ1) is 13.4. The van der Waals surface area contributed by atoms with Gasteiger partial charge in [-0.1, -0.05) is 29.4 Å². The van der Waals surface area contributed by atoms with E-state index in [0.29, 0.717) is 9.92 Å². The van der Waals surface area contributed by atoms with Crippen LogP contribution in [0.2, 0.25) is 5.02 Å². The average molecular weight is 345 g/mol. The van der Waals surface area contributed by atoms with Crippen LogP contribution in [0.4, 0.5) is 0 Å². The Morgan fingerprint density at radius 1 is 1.33 bits per heavy atom. The summed E-state index contributed by atoms with van der Waals surface area (Å²) >= 11 is 10.5. The number of aromatic nitrogens is 1. The smallest absolute Gasteiger partial charge is 0.338 e. The van der Waals surface area contributed by atoms with Gasteiger partial charge in [-0.25, -0.2) is 9.78 Å². The predicted molar refractivity (Wildman–Crippen MR) is 74.5 cm³/mol. The van der Waals surface area contributed by atoms with Crippen molar-refractivity contribution >= 4 is 45.3 Å². The van der Waals surface area contributed by atoms with E-state index in [4.69, 9.17) is 16.7 Å². The van der Waals surface area contributed by atoms with E-state index < -0.39 is 5.97 Å². The number of hydrogen-bond acceptors (Lipinski definition) is 3. The van der Waals surface area contributed by atoms with Crippen molar-refractivity contribution in [1.82, 2.24) is 4.98 Å². The molecule has 2 aromatic rings. The van der Waals surface area contributed by atoms with Crippen LogP contribution in [-0.4, -0.2) is 16.1 Å². The van der Waals surface area contributed by atoms with Crippen molar-refractivity contribution in [3.8, 4) is 0 Å². The number of halogens is 2. The Balaban J connectivity index is 2.37. The summed E-state index contributed by atoms with van der Waals surface area (Å²) in [6, 6.07) is 8.64. The minimum absolute atomic E-state index is 0.105. The molecule has 0 bridgehead atoms. The Kier molecular flexibility index (Phi) is 4.27. The zero-order chi connectivity index (χ0) is 13.1. The molecule has 18 heavy (non-hydrogen) atoms. The van der Waals surface area contributed by atoms with Crippen molar-refractivity contribution in [2.24, 2.45) is 0 Å². The average Bonchev–Trinajstić information content (AvgIpc) is 2.32. The van der Waals surface area contributed by atoms with Gasteiger partial charge in [0.15, 0.2) is 0 Å². The lowest BCUT2D eigenvalue weighted by atomic mass is 10.2. The quantitative estimate of drug-likeness (QED) is 0.899. The molecule has 0 fully saturated rings. The molecule has 1 aromatic carbocycles. The first-order valence-electron chi connectivity index (χ1n) is 4.89. The van der Waals surface area contributed by atoms with Gasteiger partial charge in [0.25, 0.3) is 0 Å². The summed E-state index contributed by atoms with van der Waals surface area (Å²) in [4.78, 5) is 15.9. The van der Waals surface area contributed by atoms with Gasteiger partial charge in [0, 0.05) is 15.6 Å². The SMILES string of the molecule is O=C(O)c1c(Cl)cccc1Sc1ccc(Br)cn1. The molecule has 0 atom stereocenters. The van der Waals surface area contributed by atoms with Crippen LogP contribution in [0.15, 0.2) is 50.9 Å². The predicted octanol–water partition coefficient (Wildman–Crippen LogP) is 4.35. The van der Waals surface area contributed by atoms with E-state index in [9.17, 15) is 4.79 Å². The Morgan fingerprint density at radius 3 is 2.72 bits per heavy atom. The third-order valence-electron chi connectivity index (χ3n) is 2.10. The van der Waals surface area contributed by atoms with E-state index in [2.05, 4.69) is 20.9 Å². The standard InChI is InChI=1S/C12H7BrClNO2S/c13-7-4-5-10(15-6-7)18-9-3-1-2-8(14)11(9)12(16)17/h1-6H,(H,16,17). The Hall–Kier alpha value is -1.04. The second kappa shape index (κ2) is 5.73. The molecule has 92 valence electrons. The number of carboxylic acid groups (broad SMARTS) is 1. The highest BCUT2D eigenvalue weighted by Crippen LogP contribution is 2.33. The number of aromatic carboxylic acids is 1. The highest BCUT2D eigenvalue weighted by atomic mass is 79.9. The van der Waals surface area contributed by atoms with Gasteiger partial charge >= 0.3 is 5.97 Å². The van der Waals surface area contributed by atoms with E-state index in [1.165, 1.54) is 11.8 Å². The highest BCUT2D eigenvalue weighted by molar-refractivity contribution is 9.10. The van der Waals surface area contributed by atoms with E-state index >= 15 is 0 Å². The summed E-state index contributed by atoms with van der Waals surface area (Å²) in [6.45, 7) is 0. The van der Waals surface area contributed by atoms with Crippen LogP contribution < -0.4 is 0 Å². The summed E-state index contributed by atoms with van der Waals surface area (Å²) in [5.41, 5.74) is 0.105. The summed E-state index contributed by atoms with van der Waals surface area (Å²) in [7, 11) is 0. The van der Waals surface area contributed by atoms with Crippen LogP contribution in [0.3, 0.4) is 0 Å². The minimum Gasteiger partial charge on any atom is -0.478 e. The fraction of sp³-hybridized carbons (Fsp3) is 0. The summed E-state index contributed by atoms with van der Waals surface area (Å²) < 4.78 is 0.872. The summed E-state index contributed by atoms with van der Waals surface area (Å²) in [5.74, 6) is -1.04. The molecule has 0 saturated heterocycles. The van der Waals surface area contributed by atoms with Gasteiger partial charge in [-0.3, -0.25) is 0 Å². The van der Waals surface area contributed by atoms with Gasteiger partial charge in [0.05, 0.1) is 10.6 Å². The van der Waals surface area contributed by atoms with Crippen LogP contribution in [0, 0.1) is 0 Å². The zero-order valence-corrected chi connectivity index (χ0v) is 12.1. The second-order valence-corrected chi connectivity index (χ2v) is 5.72. The fourth-order valence-electron chi connectivity index (χ4n) is 1.33. The molecule has 0 aliphatic heterocycles. The molecule has 1 heterocycles. The largest absolute Gasteiger partial charge is 0.478 e. The maximum Gasteiger partial charge on any atom is 0.338 e. The van der Waals surface area contributed by atoms with Gasteiger partial charge in [-0.2, -0.15) is 0 Å². The van der Waals surface area contributed by atoms with Crippen LogP contribution in [-0.2, 0) is 0 Å². The summed E-state index contributed by atoms with van der Waals surface area (Å²) in [5, 5.41) is 10.1. The molecular weight excluding hydrogens is 338 g/mol. The molecule has 0 saturated carbocycles. The maximum absolute atomic E-state index is 11.2. The second-order valence-electron chi connectivity index (χ2n) is 3.33. The van der Waals surface area contributed by atoms with Crippen molar-refractivity contribution in [2.45, 2.75) is 9.92 Å². The van der Waals surface area contributed by atoms with E-state index in [1.54, 1.807) is 30.5 Å². The molecule has 0 aliphatic rings. The van der Waals surface area contributed by atoms with Crippen LogP contribution in [0.1, 0.15) is 10.4 Å². The van der Waals surface area contributed by atoms with Gasteiger partial charge in [0.1, 0.15) is 5.03 Å². The van der Waals surface area contributed by atoms with Gasteiger partial charge in [-0.05, 0) is 40.2 Å². The number of nitrogens with zero attached hydrogens (tertiary/aromatic N) is 1. The Bertz CT molecular complexity index is 589. The maximum atomic E-state index is 11.2. The normalized spacial score (nSPS) is 10.3. The van der Waals surface area contributed by atoms with Crippen LogP contribution in [0.5, 0.6) is 0 Å². The number of carboxylic acids is 1. The number of hydrogen-bond donors (Lipinski definition) is 1. The molecule has 1 aromatic heterocycles. The molecule has 0 amide bonds. The molecule has 0 radical (unpaired) electrons. The topological polar surface area (TPSA) is 50.2 Å².